The van der Waals surface area contributed by atoms with E-state index in [1.807, 2.05) is 77.6 Å². The van der Waals surface area contributed by atoms with Crippen molar-refractivity contribution in [2.45, 2.75) is 6.54 Å². The molecule has 0 radical (unpaired) electrons. The van der Waals surface area contributed by atoms with Crippen LogP contribution in [0.1, 0.15) is 10.4 Å². The summed E-state index contributed by atoms with van der Waals surface area (Å²) in [6, 6.07) is 24.1. The van der Waals surface area contributed by atoms with Gasteiger partial charge in [-0.2, -0.15) is 4.57 Å². The molecule has 1 aromatic heterocycles. The van der Waals surface area contributed by atoms with Crippen molar-refractivity contribution in [1.82, 2.24) is 0 Å². The zero-order chi connectivity index (χ0) is 15.6. The molecule has 0 aliphatic rings. The first-order chi connectivity index (χ1) is 11.3. The molecule has 4 aromatic rings. The van der Waals surface area contributed by atoms with Crippen molar-refractivity contribution in [3.63, 3.8) is 0 Å². The highest BCUT2D eigenvalue weighted by atomic mass is 79.9. The molecule has 3 aromatic carbocycles. The first kappa shape index (κ1) is 16.3. The van der Waals surface area contributed by atoms with E-state index in [4.69, 9.17) is 0 Å². The van der Waals surface area contributed by atoms with Crippen LogP contribution in [0.3, 0.4) is 0 Å². The summed E-state index contributed by atoms with van der Waals surface area (Å²) in [5, 5.41) is 4.44. The van der Waals surface area contributed by atoms with Gasteiger partial charge in [-0.15, -0.1) is 0 Å². The Hall–Kier alpha value is -2.52. The highest BCUT2D eigenvalue weighted by molar-refractivity contribution is 6.07. The molecular formula is C21H16BrNO. The van der Waals surface area contributed by atoms with E-state index in [1.165, 1.54) is 5.39 Å². The van der Waals surface area contributed by atoms with E-state index < -0.39 is 0 Å². The van der Waals surface area contributed by atoms with Gasteiger partial charge >= 0.3 is 0 Å². The lowest BCUT2D eigenvalue weighted by molar-refractivity contribution is -0.681. The second-order valence-corrected chi connectivity index (χ2v) is 5.70. The van der Waals surface area contributed by atoms with E-state index >= 15 is 0 Å². The van der Waals surface area contributed by atoms with Gasteiger partial charge in [0.25, 0.3) is 0 Å². The van der Waals surface area contributed by atoms with Gasteiger partial charge in [0.1, 0.15) is 0 Å². The van der Waals surface area contributed by atoms with Gasteiger partial charge in [0.15, 0.2) is 12.4 Å². The molecule has 118 valence electrons. The smallest absolute Gasteiger partial charge is 0.228 e. The molecule has 1 heterocycles. The molecule has 0 amide bonds. The summed E-state index contributed by atoms with van der Waals surface area (Å²) in [6.45, 7) is 0.346. The van der Waals surface area contributed by atoms with Gasteiger partial charge in [0.05, 0.1) is 0 Å². The fourth-order valence-electron chi connectivity index (χ4n) is 3.00. The van der Waals surface area contributed by atoms with E-state index in [2.05, 4.69) is 12.1 Å². The number of benzene rings is 3. The fraction of sp³-hybridized carbons (Fsp3) is 0.0476. The predicted octanol–water partition coefficient (Wildman–Crippen LogP) is 1.17. The number of carbonyl (C=O) groups excluding carboxylic acids is 1. The second kappa shape index (κ2) is 6.93. The minimum absolute atomic E-state index is 0. The number of ketones is 1. The predicted molar refractivity (Wildman–Crippen MR) is 92.4 cm³/mol. The Kier molecular flexibility index (Phi) is 4.72. The van der Waals surface area contributed by atoms with Crippen molar-refractivity contribution in [2.75, 3.05) is 0 Å². The zero-order valence-electron chi connectivity index (χ0n) is 13.0. The Morgan fingerprint density at radius 3 is 2.25 bits per heavy atom. The van der Waals surface area contributed by atoms with Gasteiger partial charge in [0, 0.05) is 17.0 Å². The van der Waals surface area contributed by atoms with Crippen LogP contribution in [-0.4, -0.2) is 5.78 Å². The van der Waals surface area contributed by atoms with E-state index in [0.717, 1.165) is 21.7 Å². The number of rotatable bonds is 3. The van der Waals surface area contributed by atoms with Crippen LogP contribution in [0.25, 0.3) is 21.5 Å². The van der Waals surface area contributed by atoms with Gasteiger partial charge in [0.2, 0.25) is 12.3 Å². The standard InChI is InChI=1S/C21H16NO.BrH/c23-21(20-11-5-9-17-7-3-4-10-19(17)20)15-22-13-12-16-6-1-2-8-18(16)14-22;/h1-14H,15H2;1H/q+1;/p-1. The summed E-state index contributed by atoms with van der Waals surface area (Å²) in [5.41, 5.74) is 0.781. The van der Waals surface area contributed by atoms with Crippen molar-refractivity contribution in [2.24, 2.45) is 0 Å². The molecule has 0 atom stereocenters. The number of Topliss-reactive ketones (excluding diaryl/α,β-unsaturated/α-hetero) is 1. The maximum Gasteiger partial charge on any atom is 0.228 e. The van der Waals surface area contributed by atoms with E-state index in [0.29, 0.717) is 6.54 Å². The number of carbonyl (C=O) groups is 1. The molecule has 2 nitrogen and oxygen atoms in total. The van der Waals surface area contributed by atoms with Crippen LogP contribution < -0.4 is 21.5 Å². The number of fused-ring (bicyclic) bond motifs is 2. The summed E-state index contributed by atoms with van der Waals surface area (Å²) >= 11 is 0. The third-order valence-corrected chi connectivity index (χ3v) is 4.16. The number of nitrogens with zero attached hydrogens (tertiary/aromatic N) is 1. The zero-order valence-corrected chi connectivity index (χ0v) is 14.6. The largest absolute Gasteiger partial charge is 1.00 e. The first-order valence-corrected chi connectivity index (χ1v) is 7.70. The SMILES string of the molecule is O=C(C[n+]1ccc2ccccc2c1)c1cccc2ccccc12.[Br-]. The topological polar surface area (TPSA) is 20.9 Å². The minimum Gasteiger partial charge on any atom is -1.00 e. The van der Waals surface area contributed by atoms with Crippen LogP contribution in [0.4, 0.5) is 0 Å². The Morgan fingerprint density at radius 2 is 1.42 bits per heavy atom. The molecule has 0 saturated heterocycles. The van der Waals surface area contributed by atoms with Crippen LogP contribution in [0.2, 0.25) is 0 Å². The lowest BCUT2D eigenvalue weighted by atomic mass is 10.0. The van der Waals surface area contributed by atoms with Crippen molar-refractivity contribution in [3.05, 3.63) is 90.8 Å². The van der Waals surface area contributed by atoms with Crippen LogP contribution in [0.5, 0.6) is 0 Å². The number of pyridine rings is 1. The summed E-state index contributed by atoms with van der Waals surface area (Å²) < 4.78 is 1.95. The molecule has 0 unspecified atom stereocenters. The molecule has 0 saturated carbocycles. The van der Waals surface area contributed by atoms with E-state index in [-0.39, 0.29) is 22.8 Å². The molecule has 3 heteroatoms. The number of halogens is 1. The average molecular weight is 378 g/mol. The third kappa shape index (κ3) is 3.08. The van der Waals surface area contributed by atoms with E-state index in [9.17, 15) is 4.79 Å². The maximum atomic E-state index is 12.7. The van der Waals surface area contributed by atoms with Gasteiger partial charge in [-0.1, -0.05) is 60.7 Å². The minimum atomic E-state index is 0. The van der Waals surface area contributed by atoms with Crippen molar-refractivity contribution in [1.29, 1.82) is 0 Å². The highest BCUT2D eigenvalue weighted by Crippen LogP contribution is 2.19. The average Bonchev–Trinajstić information content (AvgIpc) is 2.61. The normalized spacial score (nSPS) is 10.5. The molecule has 0 N–H and O–H groups in total. The van der Waals surface area contributed by atoms with Crippen molar-refractivity contribution in [3.8, 4) is 0 Å². The highest BCUT2D eigenvalue weighted by Gasteiger charge is 2.15. The Morgan fingerprint density at radius 1 is 0.750 bits per heavy atom. The monoisotopic (exact) mass is 377 g/mol. The molecule has 0 fully saturated rings. The summed E-state index contributed by atoms with van der Waals surface area (Å²) in [5.74, 6) is 0.127. The summed E-state index contributed by atoms with van der Waals surface area (Å²) in [7, 11) is 0. The van der Waals surface area contributed by atoms with E-state index in [1.54, 1.807) is 0 Å². The van der Waals surface area contributed by atoms with Gasteiger partial charge in [-0.3, -0.25) is 4.79 Å². The van der Waals surface area contributed by atoms with Crippen LogP contribution >= 0.6 is 0 Å². The maximum absolute atomic E-state index is 12.7. The summed E-state index contributed by atoms with van der Waals surface area (Å²) in [4.78, 5) is 12.7. The van der Waals surface area contributed by atoms with Crippen molar-refractivity contribution >= 4 is 27.3 Å². The molecular weight excluding hydrogens is 362 g/mol. The lowest BCUT2D eigenvalue weighted by Crippen LogP contribution is -3.00. The first-order valence-electron chi connectivity index (χ1n) is 7.70. The van der Waals surface area contributed by atoms with Crippen molar-refractivity contribution < 1.29 is 26.3 Å². The van der Waals surface area contributed by atoms with Gasteiger partial charge in [-0.25, -0.2) is 0 Å². The Bertz CT molecular complexity index is 1020. The molecule has 4 rings (SSSR count). The Labute approximate surface area is 151 Å². The second-order valence-electron chi connectivity index (χ2n) is 5.70. The lowest BCUT2D eigenvalue weighted by Gasteiger charge is -2.04. The molecule has 0 aliphatic heterocycles. The summed E-state index contributed by atoms with van der Waals surface area (Å²) in [6.07, 6.45) is 3.99. The molecule has 0 bridgehead atoms. The number of aromatic nitrogens is 1. The number of hydrogen-bond donors (Lipinski definition) is 0. The van der Waals surface area contributed by atoms with Crippen LogP contribution in [0.15, 0.2) is 85.2 Å². The molecule has 24 heavy (non-hydrogen) atoms. The third-order valence-electron chi connectivity index (χ3n) is 4.16. The van der Waals surface area contributed by atoms with Gasteiger partial charge < -0.3 is 17.0 Å². The van der Waals surface area contributed by atoms with Crippen LogP contribution in [0, 0.1) is 0 Å². The fourth-order valence-corrected chi connectivity index (χ4v) is 3.00. The molecule has 0 spiro atoms. The quantitative estimate of drug-likeness (QED) is 0.387. The Balaban J connectivity index is 0.00000169. The van der Waals surface area contributed by atoms with Crippen LogP contribution in [-0.2, 0) is 6.54 Å². The number of hydrogen-bond acceptors (Lipinski definition) is 1. The molecule has 0 aliphatic carbocycles. The van der Waals surface area contributed by atoms with Gasteiger partial charge in [-0.05, 0) is 22.2 Å².